The predicted molar refractivity (Wildman–Crippen MR) is 292 cm³/mol. The molecule has 19 heteroatoms. The molecule has 410 valence electrons. The zero-order valence-electron chi connectivity index (χ0n) is 44.8. The molecule has 2 aliphatic rings. The van der Waals surface area contributed by atoms with Gasteiger partial charge in [-0.3, -0.25) is 42.6 Å². The van der Waals surface area contributed by atoms with Crippen LogP contribution in [0.4, 0.5) is 0 Å². The summed E-state index contributed by atoms with van der Waals surface area (Å²) in [6, 6.07) is 15.8. The number of fused-ring (bicyclic) bond motifs is 2. The average molecular weight is 1060 g/mol. The van der Waals surface area contributed by atoms with E-state index in [0.717, 1.165) is 10.9 Å². The molecule has 2 saturated heterocycles. The van der Waals surface area contributed by atoms with Crippen molar-refractivity contribution in [2.75, 3.05) is 18.6 Å². The molecule has 0 aliphatic carbocycles. The molecule has 12 unspecified atom stereocenters. The van der Waals surface area contributed by atoms with Gasteiger partial charge in [0, 0.05) is 65.7 Å². The zero-order valence-corrected chi connectivity index (χ0v) is 45.6. The molecule has 2 aliphatic heterocycles. The van der Waals surface area contributed by atoms with Gasteiger partial charge in [-0.25, -0.2) is 0 Å². The van der Waals surface area contributed by atoms with E-state index in [-0.39, 0.29) is 44.4 Å². The van der Waals surface area contributed by atoms with Gasteiger partial charge in [0.15, 0.2) is 0 Å². The van der Waals surface area contributed by atoms with Gasteiger partial charge in [0.1, 0.15) is 48.3 Å². The molecule has 4 aromatic rings. The Balaban J connectivity index is 1.46. The molecule has 3 aromatic carbocycles. The second-order valence-corrected chi connectivity index (χ2v) is 22.1. The first-order chi connectivity index (χ1) is 36.4. The second-order valence-electron chi connectivity index (χ2n) is 20.6. The van der Waals surface area contributed by atoms with E-state index >= 15 is 0 Å². The number of benzene rings is 3. The fourth-order valence-corrected chi connectivity index (χ4v) is 10.4. The number of amides is 8. The molecule has 76 heavy (non-hydrogen) atoms. The summed E-state index contributed by atoms with van der Waals surface area (Å²) in [7, 11) is -1.39. The third kappa shape index (κ3) is 15.4. The summed E-state index contributed by atoms with van der Waals surface area (Å²) < 4.78 is 12.5. The summed E-state index contributed by atoms with van der Waals surface area (Å²) in [5.41, 5.74) is 2.87. The highest BCUT2D eigenvalue weighted by Crippen LogP contribution is 2.24. The number of aromatic amines is 1. The van der Waals surface area contributed by atoms with Crippen LogP contribution in [0.1, 0.15) is 96.8 Å². The lowest BCUT2D eigenvalue weighted by Crippen LogP contribution is -2.63. The number of rotatable bonds is 15. The molecular weight excluding hydrogens is 987 g/mol. The van der Waals surface area contributed by atoms with E-state index in [1.54, 1.807) is 56.4 Å². The van der Waals surface area contributed by atoms with Crippen molar-refractivity contribution in [3.8, 4) is 0 Å². The quantitative estimate of drug-likeness (QED) is 0.0866. The van der Waals surface area contributed by atoms with Crippen molar-refractivity contribution in [2.24, 2.45) is 17.8 Å². The van der Waals surface area contributed by atoms with Crippen LogP contribution in [0, 0.1) is 17.8 Å². The lowest BCUT2D eigenvalue weighted by Gasteiger charge is -2.34. The van der Waals surface area contributed by atoms with Gasteiger partial charge in [-0.05, 0) is 59.8 Å². The Bertz CT molecular complexity index is 2690. The van der Waals surface area contributed by atoms with Crippen molar-refractivity contribution in [2.45, 2.75) is 148 Å². The molecule has 2 fully saturated rings. The molecule has 6 rings (SSSR count). The van der Waals surface area contributed by atoms with Crippen LogP contribution < -0.4 is 37.2 Å². The molecule has 1 aromatic heterocycles. The van der Waals surface area contributed by atoms with E-state index in [1.807, 2.05) is 76.2 Å². The van der Waals surface area contributed by atoms with Crippen LogP contribution in [0.5, 0.6) is 0 Å². The minimum absolute atomic E-state index is 0.0126. The summed E-state index contributed by atoms with van der Waals surface area (Å²) in [6.07, 6.45) is 5.15. The number of nitrogens with one attached hydrogen (secondary N) is 8. The maximum atomic E-state index is 15.0. The third-order valence-corrected chi connectivity index (χ3v) is 15.9. The third-order valence-electron chi connectivity index (χ3n) is 15.1. The predicted octanol–water partition coefficient (Wildman–Crippen LogP) is 3.50. The Morgan fingerprint density at radius 2 is 0.961 bits per heavy atom. The molecule has 0 spiro atoms. The average Bonchev–Trinajstić information content (AvgIpc) is 4.09. The van der Waals surface area contributed by atoms with Crippen molar-refractivity contribution < 1.29 is 42.6 Å². The molecule has 0 radical (unpaired) electrons. The first kappa shape index (κ1) is 58.4. The van der Waals surface area contributed by atoms with Crippen LogP contribution in [-0.4, -0.2) is 128 Å². The van der Waals surface area contributed by atoms with Crippen LogP contribution in [0.2, 0.25) is 0 Å². The molecule has 18 nitrogen and oxygen atoms in total. The standard InChI is InChI=1S/C57H77N9O9S/c1-8-34(4)47-55(72)59-42(27-29-76(7)75)50(67)63-48(35(5)9-2)56(73)65-49(36(6)10-3)57(74)66-28-19-26-46(66)54(71)62-44(31-38-22-15-12-16-23-38)52(69)60-43(30-37-20-13-11-14-21-37)51(68)61-45(53(70)64-47)32-39-33-58-41-25-18-17-24-40(39)41/h11-18,20-25,33-36,42-49,58H,8-10,19,26-32H2,1-7H3,(H,59,72)(H,60,69)(H,61,68)(H,62,71)(H,63,67)(H,64,70)(H,65,73). The minimum Gasteiger partial charge on any atom is -0.361 e. The van der Waals surface area contributed by atoms with E-state index in [0.29, 0.717) is 42.4 Å². The van der Waals surface area contributed by atoms with Gasteiger partial charge in [-0.2, -0.15) is 0 Å². The van der Waals surface area contributed by atoms with E-state index < -0.39 is 124 Å². The summed E-state index contributed by atoms with van der Waals surface area (Å²) in [4.78, 5) is 123. The fraction of sp³-hybridized carbons (Fsp3) is 0.509. The lowest BCUT2D eigenvalue weighted by molar-refractivity contribution is -0.144. The van der Waals surface area contributed by atoms with Crippen LogP contribution in [0.15, 0.2) is 91.1 Å². The van der Waals surface area contributed by atoms with Crippen LogP contribution in [0.3, 0.4) is 0 Å². The number of hydrogen-bond acceptors (Lipinski definition) is 9. The van der Waals surface area contributed by atoms with Gasteiger partial charge in [-0.15, -0.1) is 0 Å². The Morgan fingerprint density at radius 1 is 0.526 bits per heavy atom. The number of carbonyl (C=O) groups is 8. The molecule has 0 saturated carbocycles. The van der Waals surface area contributed by atoms with Gasteiger partial charge in [0.2, 0.25) is 47.3 Å². The highest BCUT2D eigenvalue weighted by molar-refractivity contribution is 7.84. The molecule has 3 heterocycles. The van der Waals surface area contributed by atoms with Crippen molar-refractivity contribution >= 4 is 69.0 Å². The monoisotopic (exact) mass is 1060 g/mol. The van der Waals surface area contributed by atoms with Gasteiger partial charge >= 0.3 is 0 Å². The summed E-state index contributed by atoms with van der Waals surface area (Å²) in [6.45, 7) is 11.1. The lowest BCUT2D eigenvalue weighted by atomic mass is 9.94. The number of nitrogens with zero attached hydrogens (tertiary/aromatic N) is 1. The van der Waals surface area contributed by atoms with Gasteiger partial charge < -0.3 is 47.1 Å². The number of aromatic nitrogens is 1. The smallest absolute Gasteiger partial charge is 0.246 e. The van der Waals surface area contributed by atoms with E-state index in [4.69, 9.17) is 0 Å². The maximum absolute atomic E-state index is 15.0. The fourth-order valence-electron chi connectivity index (χ4n) is 9.79. The topological polar surface area (TPSA) is 257 Å². The number of hydrogen-bond donors (Lipinski definition) is 8. The van der Waals surface area contributed by atoms with Crippen LogP contribution in [-0.2, 0) is 68.4 Å². The largest absolute Gasteiger partial charge is 0.361 e. The number of para-hydroxylation sites is 1. The summed E-state index contributed by atoms with van der Waals surface area (Å²) in [5, 5.41) is 21.1. The Labute approximate surface area is 448 Å². The normalized spacial score (nSPS) is 25.5. The van der Waals surface area contributed by atoms with E-state index in [9.17, 15) is 42.6 Å². The van der Waals surface area contributed by atoms with Crippen LogP contribution in [0.25, 0.3) is 10.9 Å². The first-order valence-corrected chi connectivity index (χ1v) is 28.5. The van der Waals surface area contributed by atoms with Crippen molar-refractivity contribution in [1.29, 1.82) is 0 Å². The Morgan fingerprint density at radius 3 is 1.50 bits per heavy atom. The minimum atomic E-state index is -1.39. The first-order valence-electron chi connectivity index (χ1n) is 26.8. The summed E-state index contributed by atoms with van der Waals surface area (Å²) in [5.74, 6) is -6.68. The van der Waals surface area contributed by atoms with Gasteiger partial charge in [0.25, 0.3) is 0 Å². The highest BCUT2D eigenvalue weighted by atomic mass is 32.2. The van der Waals surface area contributed by atoms with Crippen molar-refractivity contribution in [3.63, 3.8) is 0 Å². The number of H-pyrrole nitrogens is 1. The Kier molecular flexibility index (Phi) is 21.3. The summed E-state index contributed by atoms with van der Waals surface area (Å²) >= 11 is 0. The second kappa shape index (κ2) is 27.8. The maximum Gasteiger partial charge on any atom is 0.246 e. The zero-order chi connectivity index (χ0) is 55.1. The molecule has 8 amide bonds. The van der Waals surface area contributed by atoms with E-state index in [2.05, 4.69) is 42.2 Å². The van der Waals surface area contributed by atoms with Gasteiger partial charge in [0.05, 0.1) is 0 Å². The highest BCUT2D eigenvalue weighted by Gasteiger charge is 2.42. The number of carbonyl (C=O) groups excluding carboxylic acids is 8. The van der Waals surface area contributed by atoms with Crippen molar-refractivity contribution in [1.82, 2.24) is 47.1 Å². The van der Waals surface area contributed by atoms with Gasteiger partial charge in [-0.1, -0.05) is 140 Å². The van der Waals surface area contributed by atoms with Crippen LogP contribution >= 0.6 is 0 Å². The van der Waals surface area contributed by atoms with Crippen molar-refractivity contribution in [3.05, 3.63) is 108 Å². The molecule has 0 bridgehead atoms. The Hall–Kier alpha value is -6.89. The molecular formula is C57H77N9O9S. The SMILES string of the molecule is CCC(C)C1NC(=O)C(Cc2c[nH]c3ccccc23)NC(=O)C(Cc2ccccc2)NC(=O)C(Cc2ccccc2)NC(=O)C2CCCN2C(=O)C(C(C)CC)NC(=O)C(C(C)CC)NC(=O)C(CCS(C)=O)NC1=O. The molecule has 12 atom stereocenters. The van der Waals surface area contributed by atoms with E-state index in [1.165, 1.54) is 11.2 Å². The molecule has 8 N–H and O–H groups in total.